The van der Waals surface area contributed by atoms with Crippen LogP contribution in [0.1, 0.15) is 11.3 Å². The molecule has 0 aliphatic heterocycles. The summed E-state index contributed by atoms with van der Waals surface area (Å²) in [5.74, 6) is 2.13. The van der Waals surface area contributed by atoms with Crippen molar-refractivity contribution in [1.82, 2.24) is 19.7 Å². The lowest BCUT2D eigenvalue weighted by Gasteiger charge is -2.10. The average Bonchev–Trinajstić information content (AvgIpc) is 3.29. The summed E-state index contributed by atoms with van der Waals surface area (Å²) in [7, 11) is 0. The predicted octanol–water partition coefficient (Wildman–Crippen LogP) is 5.82. The summed E-state index contributed by atoms with van der Waals surface area (Å²) in [5.41, 5.74) is 5.73. The molecule has 0 aliphatic rings. The van der Waals surface area contributed by atoms with Gasteiger partial charge in [-0.15, -0.1) is 0 Å². The van der Waals surface area contributed by atoms with Gasteiger partial charge in [-0.2, -0.15) is 9.78 Å². The third-order valence-electron chi connectivity index (χ3n) is 4.85. The lowest BCUT2D eigenvalue weighted by Crippen LogP contribution is -2.00. The first-order valence-corrected chi connectivity index (χ1v) is 9.54. The van der Waals surface area contributed by atoms with E-state index in [1.807, 2.05) is 78.3 Å². The summed E-state index contributed by atoms with van der Waals surface area (Å²) in [4.78, 5) is 8.25. The topological polar surface area (TPSA) is 55.7 Å². The molecule has 5 rings (SSSR count). The minimum absolute atomic E-state index is 0.635. The highest BCUT2D eigenvalue weighted by atomic mass is 16.5. The maximum absolute atomic E-state index is 6.33. The van der Waals surface area contributed by atoms with E-state index >= 15 is 0 Å². The Morgan fingerprint density at radius 2 is 1.59 bits per heavy atom. The van der Waals surface area contributed by atoms with Crippen molar-refractivity contribution >= 4 is 11.0 Å². The highest BCUT2D eigenvalue weighted by Crippen LogP contribution is 2.37. The Kier molecular flexibility index (Phi) is 4.13. The van der Waals surface area contributed by atoms with Crippen molar-refractivity contribution in [3.63, 3.8) is 0 Å². The molecular weight excluding hydrogens is 360 g/mol. The molecule has 0 spiro atoms. The maximum Gasteiger partial charge on any atom is 0.233 e. The molecule has 0 atom stereocenters. The fraction of sp³-hybridized carbons (Fsp3) is 0.0833. The standard InChI is InChI=1S/C24H20N4O/c1-16-13-14-20-21(15-16)26-23(25-20)22-17(2)27-28(18-9-5-3-6-10-18)24(22)29-19-11-7-4-8-12-19/h3-15H,1-2H3,(H,25,26). The zero-order valence-corrected chi connectivity index (χ0v) is 16.3. The third-order valence-corrected chi connectivity index (χ3v) is 4.85. The molecule has 0 unspecified atom stereocenters. The number of H-pyrrole nitrogens is 1. The van der Waals surface area contributed by atoms with Crippen LogP contribution in [0.5, 0.6) is 11.6 Å². The number of imidazole rings is 1. The van der Waals surface area contributed by atoms with E-state index in [0.717, 1.165) is 39.6 Å². The van der Waals surface area contributed by atoms with Crippen molar-refractivity contribution in [3.05, 3.63) is 90.1 Å². The van der Waals surface area contributed by atoms with Crippen LogP contribution in [0.15, 0.2) is 78.9 Å². The van der Waals surface area contributed by atoms with Crippen LogP contribution >= 0.6 is 0 Å². The van der Waals surface area contributed by atoms with Crippen LogP contribution in [0.2, 0.25) is 0 Å². The maximum atomic E-state index is 6.33. The number of aryl methyl sites for hydroxylation is 2. The zero-order valence-electron chi connectivity index (χ0n) is 16.3. The smallest absolute Gasteiger partial charge is 0.233 e. The summed E-state index contributed by atoms with van der Waals surface area (Å²) in [5, 5.41) is 4.77. The van der Waals surface area contributed by atoms with Gasteiger partial charge < -0.3 is 9.72 Å². The minimum Gasteiger partial charge on any atom is -0.438 e. The molecule has 5 nitrogen and oxygen atoms in total. The van der Waals surface area contributed by atoms with Gasteiger partial charge >= 0.3 is 0 Å². The van der Waals surface area contributed by atoms with Gasteiger partial charge in [-0.1, -0.05) is 42.5 Å². The van der Waals surface area contributed by atoms with E-state index in [2.05, 4.69) is 24.0 Å². The first-order chi connectivity index (χ1) is 14.2. The molecule has 0 saturated heterocycles. The zero-order chi connectivity index (χ0) is 19.8. The number of nitrogens with one attached hydrogen (secondary N) is 1. The normalized spacial score (nSPS) is 11.1. The highest BCUT2D eigenvalue weighted by Gasteiger charge is 2.23. The number of para-hydroxylation sites is 2. The molecule has 5 heteroatoms. The number of aromatic amines is 1. The molecule has 3 aromatic carbocycles. The lowest BCUT2D eigenvalue weighted by atomic mass is 10.2. The summed E-state index contributed by atoms with van der Waals surface area (Å²) in [6.45, 7) is 4.05. The number of hydrogen-bond donors (Lipinski definition) is 1. The molecule has 0 fully saturated rings. The molecule has 1 N–H and O–H groups in total. The fourth-order valence-corrected chi connectivity index (χ4v) is 3.46. The molecule has 0 bridgehead atoms. The molecule has 29 heavy (non-hydrogen) atoms. The van der Waals surface area contributed by atoms with E-state index in [1.165, 1.54) is 5.56 Å². The summed E-state index contributed by atoms with van der Waals surface area (Å²) in [6.07, 6.45) is 0. The highest BCUT2D eigenvalue weighted by molar-refractivity contribution is 5.81. The van der Waals surface area contributed by atoms with Crippen LogP contribution < -0.4 is 4.74 Å². The molecule has 0 aliphatic carbocycles. The number of rotatable bonds is 4. The largest absolute Gasteiger partial charge is 0.438 e. The van der Waals surface area contributed by atoms with Gasteiger partial charge in [0, 0.05) is 0 Å². The molecule has 142 valence electrons. The summed E-state index contributed by atoms with van der Waals surface area (Å²) < 4.78 is 8.16. The Labute approximate surface area is 168 Å². The molecule has 2 aromatic heterocycles. The molecular formula is C24H20N4O. The van der Waals surface area contributed by atoms with Crippen LogP contribution in [0.3, 0.4) is 0 Å². The molecule has 2 heterocycles. The fourth-order valence-electron chi connectivity index (χ4n) is 3.46. The van der Waals surface area contributed by atoms with E-state index in [9.17, 15) is 0 Å². The van der Waals surface area contributed by atoms with Crippen LogP contribution in [0.25, 0.3) is 28.1 Å². The quantitative estimate of drug-likeness (QED) is 0.427. The number of fused-ring (bicyclic) bond motifs is 1. The Morgan fingerprint density at radius 1 is 0.862 bits per heavy atom. The summed E-state index contributed by atoms with van der Waals surface area (Å²) >= 11 is 0. The van der Waals surface area contributed by atoms with Crippen LogP contribution in [0, 0.1) is 13.8 Å². The van der Waals surface area contributed by atoms with Gasteiger partial charge in [-0.3, -0.25) is 0 Å². The van der Waals surface area contributed by atoms with Crippen molar-refractivity contribution in [1.29, 1.82) is 0 Å². The van der Waals surface area contributed by atoms with Gasteiger partial charge in [-0.25, -0.2) is 4.98 Å². The van der Waals surface area contributed by atoms with E-state index in [1.54, 1.807) is 0 Å². The van der Waals surface area contributed by atoms with Crippen molar-refractivity contribution in [2.45, 2.75) is 13.8 Å². The molecule has 0 amide bonds. The summed E-state index contributed by atoms with van der Waals surface area (Å²) in [6, 6.07) is 25.9. The van der Waals surface area contributed by atoms with Crippen molar-refractivity contribution in [2.75, 3.05) is 0 Å². The second kappa shape index (κ2) is 6.95. The average molecular weight is 380 g/mol. The molecule has 0 radical (unpaired) electrons. The number of nitrogens with zero attached hydrogens (tertiary/aromatic N) is 3. The Bertz CT molecular complexity index is 1290. The van der Waals surface area contributed by atoms with Crippen molar-refractivity contribution in [2.24, 2.45) is 0 Å². The predicted molar refractivity (Wildman–Crippen MR) is 115 cm³/mol. The first kappa shape index (κ1) is 17.3. The van der Waals surface area contributed by atoms with E-state index in [-0.39, 0.29) is 0 Å². The van der Waals surface area contributed by atoms with E-state index in [4.69, 9.17) is 14.8 Å². The van der Waals surface area contributed by atoms with Crippen LogP contribution in [-0.4, -0.2) is 19.7 Å². The van der Waals surface area contributed by atoms with Crippen LogP contribution in [0.4, 0.5) is 0 Å². The van der Waals surface area contributed by atoms with Crippen molar-refractivity contribution < 1.29 is 4.74 Å². The number of benzene rings is 3. The molecule has 0 saturated carbocycles. The first-order valence-electron chi connectivity index (χ1n) is 9.54. The number of ether oxygens (including phenoxy) is 1. The molecule has 5 aromatic rings. The van der Waals surface area contributed by atoms with Crippen LogP contribution in [-0.2, 0) is 0 Å². The van der Waals surface area contributed by atoms with E-state index < -0.39 is 0 Å². The van der Waals surface area contributed by atoms with Gasteiger partial charge in [0.15, 0.2) is 0 Å². The Hall–Kier alpha value is -3.86. The van der Waals surface area contributed by atoms with Gasteiger partial charge in [0.1, 0.15) is 17.1 Å². The van der Waals surface area contributed by atoms with Gasteiger partial charge in [0.05, 0.1) is 22.4 Å². The second-order valence-electron chi connectivity index (χ2n) is 7.03. The monoisotopic (exact) mass is 380 g/mol. The minimum atomic E-state index is 0.635. The second-order valence-corrected chi connectivity index (χ2v) is 7.03. The van der Waals surface area contributed by atoms with Gasteiger partial charge in [-0.05, 0) is 55.8 Å². The third kappa shape index (κ3) is 3.17. The number of hydrogen-bond acceptors (Lipinski definition) is 3. The van der Waals surface area contributed by atoms with E-state index in [0.29, 0.717) is 5.88 Å². The number of aromatic nitrogens is 4. The van der Waals surface area contributed by atoms with Crippen molar-refractivity contribution in [3.8, 4) is 28.7 Å². The Balaban J connectivity index is 1.72. The van der Waals surface area contributed by atoms with Gasteiger partial charge in [0.2, 0.25) is 5.88 Å². The lowest BCUT2D eigenvalue weighted by molar-refractivity contribution is 0.445. The SMILES string of the molecule is Cc1ccc2nc(-c3c(C)nn(-c4ccccc4)c3Oc3ccccc3)[nH]c2c1. The van der Waals surface area contributed by atoms with Gasteiger partial charge in [0.25, 0.3) is 0 Å². The Morgan fingerprint density at radius 3 is 2.34 bits per heavy atom.